The lowest BCUT2D eigenvalue weighted by Crippen LogP contribution is -2.11. The van der Waals surface area contributed by atoms with E-state index >= 15 is 0 Å². The smallest absolute Gasteiger partial charge is 0.112 e. The SMILES string of the molecule is CCC(C)n1nnc(CO)c1C(C)C. The minimum atomic E-state index is -0.0239. The van der Waals surface area contributed by atoms with E-state index < -0.39 is 0 Å². The number of hydrogen-bond donors (Lipinski definition) is 1. The van der Waals surface area contributed by atoms with Gasteiger partial charge in [0.15, 0.2) is 0 Å². The Morgan fingerprint density at radius 1 is 1.36 bits per heavy atom. The van der Waals surface area contributed by atoms with Gasteiger partial charge in [-0.25, -0.2) is 4.68 Å². The van der Waals surface area contributed by atoms with E-state index in [-0.39, 0.29) is 6.61 Å². The number of rotatable bonds is 4. The summed E-state index contributed by atoms with van der Waals surface area (Å²) < 4.78 is 1.93. The van der Waals surface area contributed by atoms with Crippen LogP contribution in [0.3, 0.4) is 0 Å². The van der Waals surface area contributed by atoms with Gasteiger partial charge in [0.25, 0.3) is 0 Å². The first-order valence-corrected chi connectivity index (χ1v) is 5.16. The summed E-state index contributed by atoms with van der Waals surface area (Å²) in [7, 11) is 0. The molecule has 0 aliphatic heterocycles. The minimum absolute atomic E-state index is 0.0239. The summed E-state index contributed by atoms with van der Waals surface area (Å²) in [6, 6.07) is 0.347. The third-order valence-corrected chi connectivity index (χ3v) is 2.51. The Kier molecular flexibility index (Phi) is 3.63. The van der Waals surface area contributed by atoms with Crippen LogP contribution in [0, 0.1) is 0 Å². The highest BCUT2D eigenvalue weighted by atomic mass is 16.3. The Bertz CT molecular complexity index is 294. The third kappa shape index (κ3) is 1.95. The van der Waals surface area contributed by atoms with Gasteiger partial charge in [0.1, 0.15) is 5.69 Å². The number of hydrogen-bond acceptors (Lipinski definition) is 3. The number of aromatic nitrogens is 3. The van der Waals surface area contributed by atoms with Crippen LogP contribution < -0.4 is 0 Å². The average Bonchev–Trinajstić information content (AvgIpc) is 2.59. The monoisotopic (exact) mass is 197 g/mol. The lowest BCUT2D eigenvalue weighted by molar-refractivity contribution is 0.274. The van der Waals surface area contributed by atoms with E-state index in [9.17, 15) is 0 Å². The van der Waals surface area contributed by atoms with Crippen molar-refractivity contribution in [2.45, 2.75) is 52.7 Å². The Morgan fingerprint density at radius 2 is 2.00 bits per heavy atom. The van der Waals surface area contributed by atoms with Gasteiger partial charge in [0, 0.05) is 0 Å². The molecule has 0 radical (unpaired) electrons. The van der Waals surface area contributed by atoms with Crippen LogP contribution in [0.4, 0.5) is 0 Å². The molecule has 0 saturated carbocycles. The lowest BCUT2D eigenvalue weighted by Gasteiger charge is -2.15. The molecule has 0 aromatic carbocycles. The van der Waals surface area contributed by atoms with Crippen molar-refractivity contribution in [1.82, 2.24) is 15.0 Å². The van der Waals surface area contributed by atoms with Crippen LogP contribution in [0.25, 0.3) is 0 Å². The van der Waals surface area contributed by atoms with Crippen molar-refractivity contribution >= 4 is 0 Å². The van der Waals surface area contributed by atoms with Crippen molar-refractivity contribution in [3.05, 3.63) is 11.4 Å². The van der Waals surface area contributed by atoms with Gasteiger partial charge in [0.05, 0.1) is 18.3 Å². The molecule has 0 aliphatic carbocycles. The molecular weight excluding hydrogens is 178 g/mol. The first kappa shape index (κ1) is 11.2. The molecule has 1 rings (SSSR count). The van der Waals surface area contributed by atoms with E-state index in [1.54, 1.807) is 0 Å². The fraction of sp³-hybridized carbons (Fsp3) is 0.800. The Labute approximate surface area is 84.9 Å². The zero-order chi connectivity index (χ0) is 10.7. The van der Waals surface area contributed by atoms with E-state index in [0.717, 1.165) is 12.1 Å². The van der Waals surface area contributed by atoms with E-state index in [0.29, 0.717) is 17.7 Å². The van der Waals surface area contributed by atoms with Crippen LogP contribution >= 0.6 is 0 Å². The second-order valence-electron chi connectivity index (χ2n) is 3.94. The van der Waals surface area contributed by atoms with Crippen LogP contribution in [0.2, 0.25) is 0 Å². The fourth-order valence-corrected chi connectivity index (χ4v) is 1.54. The molecule has 1 N–H and O–H groups in total. The van der Waals surface area contributed by atoms with Gasteiger partial charge in [-0.1, -0.05) is 26.0 Å². The van der Waals surface area contributed by atoms with E-state index in [2.05, 4.69) is 38.0 Å². The average molecular weight is 197 g/mol. The topological polar surface area (TPSA) is 50.9 Å². The highest BCUT2D eigenvalue weighted by Gasteiger charge is 2.17. The largest absolute Gasteiger partial charge is 0.390 e. The Balaban J connectivity index is 3.10. The predicted molar refractivity (Wildman–Crippen MR) is 55.0 cm³/mol. The minimum Gasteiger partial charge on any atom is -0.390 e. The number of nitrogens with zero attached hydrogens (tertiary/aromatic N) is 3. The maximum absolute atomic E-state index is 9.12. The van der Waals surface area contributed by atoms with Crippen LogP contribution in [0.5, 0.6) is 0 Å². The van der Waals surface area contributed by atoms with E-state index in [4.69, 9.17) is 5.11 Å². The van der Waals surface area contributed by atoms with Crippen molar-refractivity contribution in [1.29, 1.82) is 0 Å². The third-order valence-electron chi connectivity index (χ3n) is 2.51. The van der Waals surface area contributed by atoms with Gasteiger partial charge in [-0.15, -0.1) is 5.10 Å². The van der Waals surface area contributed by atoms with Gasteiger partial charge in [0.2, 0.25) is 0 Å². The summed E-state index contributed by atoms with van der Waals surface area (Å²) in [5.74, 6) is 0.348. The maximum atomic E-state index is 9.12. The van der Waals surface area contributed by atoms with Gasteiger partial charge in [-0.05, 0) is 19.3 Å². The quantitative estimate of drug-likeness (QED) is 0.801. The summed E-state index contributed by atoms with van der Waals surface area (Å²) in [5.41, 5.74) is 1.77. The van der Waals surface area contributed by atoms with Gasteiger partial charge < -0.3 is 5.11 Å². The zero-order valence-corrected chi connectivity index (χ0v) is 9.36. The summed E-state index contributed by atoms with van der Waals surface area (Å²) in [6.45, 7) is 8.40. The molecule has 0 fully saturated rings. The Morgan fingerprint density at radius 3 is 2.43 bits per heavy atom. The molecule has 1 aromatic heterocycles. The van der Waals surface area contributed by atoms with Crippen LogP contribution in [0.15, 0.2) is 0 Å². The highest BCUT2D eigenvalue weighted by Crippen LogP contribution is 2.22. The highest BCUT2D eigenvalue weighted by molar-refractivity contribution is 5.13. The Hall–Kier alpha value is -0.900. The molecule has 1 unspecified atom stereocenters. The van der Waals surface area contributed by atoms with Gasteiger partial charge in [-0.3, -0.25) is 0 Å². The molecule has 1 heterocycles. The molecule has 0 aliphatic rings. The molecule has 1 atom stereocenters. The van der Waals surface area contributed by atoms with Crippen LogP contribution in [-0.2, 0) is 6.61 Å². The standard InChI is InChI=1S/C10H19N3O/c1-5-8(4)13-10(7(2)3)9(6-14)11-12-13/h7-8,14H,5-6H2,1-4H3. The van der Waals surface area contributed by atoms with E-state index in [1.165, 1.54) is 0 Å². The molecule has 4 nitrogen and oxygen atoms in total. The number of aliphatic hydroxyl groups is 1. The second-order valence-corrected chi connectivity index (χ2v) is 3.94. The molecule has 1 aromatic rings. The summed E-state index contributed by atoms with van der Waals surface area (Å²) in [6.07, 6.45) is 1.02. The van der Waals surface area contributed by atoms with Crippen molar-refractivity contribution < 1.29 is 5.11 Å². The van der Waals surface area contributed by atoms with Gasteiger partial charge >= 0.3 is 0 Å². The van der Waals surface area contributed by atoms with Gasteiger partial charge in [-0.2, -0.15) is 0 Å². The molecule has 0 saturated heterocycles. The first-order chi connectivity index (χ1) is 6.61. The number of aliphatic hydroxyl groups excluding tert-OH is 1. The molecule has 80 valence electrons. The molecule has 0 bridgehead atoms. The fourth-order valence-electron chi connectivity index (χ4n) is 1.54. The first-order valence-electron chi connectivity index (χ1n) is 5.16. The summed E-state index contributed by atoms with van der Waals surface area (Å²) >= 11 is 0. The molecular formula is C10H19N3O. The van der Waals surface area contributed by atoms with Crippen molar-refractivity contribution in [2.75, 3.05) is 0 Å². The summed E-state index contributed by atoms with van der Waals surface area (Å²) in [5, 5.41) is 17.2. The summed E-state index contributed by atoms with van der Waals surface area (Å²) in [4.78, 5) is 0. The second kappa shape index (κ2) is 4.55. The lowest BCUT2D eigenvalue weighted by atomic mass is 10.1. The predicted octanol–water partition coefficient (Wildman–Crippen LogP) is 1.86. The normalized spacial score (nSPS) is 13.6. The maximum Gasteiger partial charge on any atom is 0.112 e. The van der Waals surface area contributed by atoms with Crippen LogP contribution in [-0.4, -0.2) is 20.1 Å². The molecule has 0 spiro atoms. The van der Waals surface area contributed by atoms with Crippen molar-refractivity contribution in [3.8, 4) is 0 Å². The molecule has 14 heavy (non-hydrogen) atoms. The van der Waals surface area contributed by atoms with E-state index in [1.807, 2.05) is 4.68 Å². The zero-order valence-electron chi connectivity index (χ0n) is 9.36. The van der Waals surface area contributed by atoms with Crippen LogP contribution in [0.1, 0.15) is 57.5 Å². The molecule has 4 heteroatoms. The molecule has 0 amide bonds. The van der Waals surface area contributed by atoms with Crippen molar-refractivity contribution in [3.63, 3.8) is 0 Å². The van der Waals surface area contributed by atoms with Crippen molar-refractivity contribution in [2.24, 2.45) is 0 Å².